The number of aldehydes is 1. The average molecular weight is 875 g/mol. The van der Waals surface area contributed by atoms with Gasteiger partial charge in [0.2, 0.25) is 23.6 Å². The van der Waals surface area contributed by atoms with Gasteiger partial charge in [-0.1, -0.05) is 67.0 Å². The molecule has 1 aromatic rings. The van der Waals surface area contributed by atoms with Crippen molar-refractivity contribution in [2.45, 2.75) is 136 Å². The maximum absolute atomic E-state index is 14.4. The van der Waals surface area contributed by atoms with E-state index in [0.29, 0.717) is 50.0 Å². The highest BCUT2D eigenvalue weighted by Gasteiger charge is 2.42. The summed E-state index contributed by atoms with van der Waals surface area (Å²) in [5.41, 5.74) is 12.1. The molecule has 7 N–H and O–H groups in total. The lowest BCUT2D eigenvalue weighted by Gasteiger charge is -2.41. The minimum absolute atomic E-state index is 0.00201. The maximum atomic E-state index is 14.4. The number of carbonyl (C=O) groups is 7. The number of hydrogen-bond donors (Lipinski definition) is 5. The number of ether oxygens (including phenoxy) is 3. The number of likely N-dealkylation sites (tertiary alicyclic amines) is 1. The molecule has 1 heterocycles. The molecule has 1 aliphatic rings. The average Bonchev–Trinajstić information content (AvgIpc) is 3.72. The van der Waals surface area contributed by atoms with Crippen LogP contribution in [0.5, 0.6) is 0 Å². The van der Waals surface area contributed by atoms with Crippen molar-refractivity contribution < 1.29 is 47.8 Å². The molecule has 9 unspecified atom stereocenters. The highest BCUT2D eigenvalue weighted by atomic mass is 16.6. The fourth-order valence-electron chi connectivity index (χ4n) is 8.10. The van der Waals surface area contributed by atoms with E-state index >= 15 is 0 Å². The molecule has 18 nitrogen and oxygen atoms in total. The zero-order valence-corrected chi connectivity index (χ0v) is 38.7. The molecule has 7 amide bonds. The lowest BCUT2D eigenvalue weighted by molar-refractivity contribution is -0.147. The smallest absolute Gasteiger partial charge is 0.410 e. The number of methoxy groups -OCH3 is 2. The van der Waals surface area contributed by atoms with Gasteiger partial charge in [0.05, 0.1) is 36.8 Å². The standard InChI is InChI=1S/C44H74N8O10/c1-12-28(6)38(34(60-10)23-35(54)52-22-14-16-33(52)39(61-11)29(7)24-53)50(8)42(57)36(26(2)3)49-41(56)37(27(4)5)51(9)44(59)62-25-30-17-19-31(20-18-30)48-40(55)32(45)15-13-21-47-43(46)58/h17-20,24,26-29,32-34,36-39H,12-16,21-23,25,45H2,1-11H3,(H,48,55)(H,49,56)(H3,46,47,58). The Morgan fingerprint density at radius 3 is 2.11 bits per heavy atom. The van der Waals surface area contributed by atoms with E-state index in [-0.39, 0.29) is 48.6 Å². The van der Waals surface area contributed by atoms with Crippen molar-refractivity contribution in [2.75, 3.05) is 46.7 Å². The number of nitrogens with zero attached hydrogens (tertiary/aromatic N) is 3. The third kappa shape index (κ3) is 15.2. The molecule has 1 aromatic carbocycles. The summed E-state index contributed by atoms with van der Waals surface area (Å²) < 4.78 is 17.2. The number of nitrogens with one attached hydrogen (secondary N) is 3. The number of rotatable bonds is 25. The maximum Gasteiger partial charge on any atom is 0.410 e. The molecule has 9 atom stereocenters. The molecule has 0 aromatic heterocycles. The van der Waals surface area contributed by atoms with E-state index < -0.39 is 66.2 Å². The van der Waals surface area contributed by atoms with Crippen LogP contribution in [0.4, 0.5) is 15.3 Å². The van der Waals surface area contributed by atoms with Gasteiger partial charge in [-0.05, 0) is 61.1 Å². The number of likely N-dealkylation sites (N-methyl/N-ethyl adjacent to an activating group) is 2. The SMILES string of the molecule is CCC(C)C(C(CC(=O)N1CCCC1C(OC)C(C)C=O)OC)N(C)C(=O)C(NC(=O)C(C(C)C)N(C)C(=O)OCc1ccc(NC(=O)C(N)CCCNC(N)=O)cc1)C(C)C. The molecule has 0 saturated carbocycles. The van der Waals surface area contributed by atoms with Crippen LogP contribution < -0.4 is 27.4 Å². The zero-order chi connectivity index (χ0) is 46.8. The number of primary amides is 1. The predicted octanol–water partition coefficient (Wildman–Crippen LogP) is 3.25. The number of nitrogens with two attached hydrogens (primary N) is 2. The number of urea groups is 1. The van der Waals surface area contributed by atoms with Crippen LogP contribution in [0.3, 0.4) is 0 Å². The summed E-state index contributed by atoms with van der Waals surface area (Å²) >= 11 is 0. The van der Waals surface area contributed by atoms with Crippen LogP contribution in [0.1, 0.15) is 92.6 Å². The van der Waals surface area contributed by atoms with Crippen LogP contribution in [0.15, 0.2) is 24.3 Å². The first-order chi connectivity index (χ1) is 29.2. The van der Waals surface area contributed by atoms with Crippen LogP contribution in [0, 0.1) is 23.7 Å². The monoisotopic (exact) mass is 875 g/mol. The second-order valence-corrected chi connectivity index (χ2v) is 17.1. The Morgan fingerprint density at radius 2 is 1.58 bits per heavy atom. The quantitative estimate of drug-likeness (QED) is 0.0705. The van der Waals surface area contributed by atoms with Gasteiger partial charge in [0.15, 0.2) is 0 Å². The van der Waals surface area contributed by atoms with Crippen LogP contribution in [-0.2, 0) is 44.8 Å². The molecule has 350 valence electrons. The van der Waals surface area contributed by atoms with Crippen molar-refractivity contribution in [1.82, 2.24) is 25.3 Å². The van der Waals surface area contributed by atoms with Crippen LogP contribution in [0.2, 0.25) is 0 Å². The molecule has 0 bridgehead atoms. The highest BCUT2D eigenvalue weighted by Crippen LogP contribution is 2.29. The minimum Gasteiger partial charge on any atom is -0.445 e. The fraction of sp³-hybridized carbons (Fsp3) is 0.705. The number of benzene rings is 1. The Labute approximate surface area is 367 Å². The molecular weight excluding hydrogens is 801 g/mol. The van der Waals surface area contributed by atoms with Crippen LogP contribution >= 0.6 is 0 Å². The number of anilines is 1. The first-order valence-electron chi connectivity index (χ1n) is 21.7. The lowest BCUT2D eigenvalue weighted by Crippen LogP contribution is -2.60. The summed E-state index contributed by atoms with van der Waals surface area (Å²) in [4.78, 5) is 95.3. The molecular formula is C44H74N8O10. The molecule has 18 heteroatoms. The Kier molecular flexibility index (Phi) is 22.3. The van der Waals surface area contributed by atoms with E-state index in [4.69, 9.17) is 25.7 Å². The van der Waals surface area contributed by atoms with Crippen molar-refractivity contribution >= 4 is 47.7 Å². The van der Waals surface area contributed by atoms with Crippen molar-refractivity contribution in [1.29, 1.82) is 0 Å². The summed E-state index contributed by atoms with van der Waals surface area (Å²) in [5, 5.41) is 8.11. The first-order valence-corrected chi connectivity index (χ1v) is 21.7. The van der Waals surface area contributed by atoms with Crippen molar-refractivity contribution in [3.05, 3.63) is 29.8 Å². The predicted molar refractivity (Wildman–Crippen MR) is 235 cm³/mol. The minimum atomic E-state index is -0.990. The van der Waals surface area contributed by atoms with Gasteiger partial charge in [-0.2, -0.15) is 0 Å². The fourth-order valence-corrected chi connectivity index (χ4v) is 8.10. The molecule has 1 fully saturated rings. The second-order valence-electron chi connectivity index (χ2n) is 17.1. The van der Waals surface area contributed by atoms with Gasteiger partial charge in [0.25, 0.3) is 0 Å². The van der Waals surface area contributed by atoms with E-state index in [1.54, 1.807) is 69.0 Å². The zero-order valence-electron chi connectivity index (χ0n) is 38.7. The first kappa shape index (κ1) is 53.3. The summed E-state index contributed by atoms with van der Waals surface area (Å²) in [7, 11) is 6.20. The molecule has 1 aliphatic heterocycles. The molecule has 0 aliphatic carbocycles. The normalized spacial score (nSPS) is 17.8. The molecule has 0 radical (unpaired) electrons. The summed E-state index contributed by atoms with van der Waals surface area (Å²) in [6.45, 7) is 13.7. The van der Waals surface area contributed by atoms with E-state index in [2.05, 4.69) is 16.0 Å². The molecule has 62 heavy (non-hydrogen) atoms. The number of amides is 7. The van der Waals surface area contributed by atoms with Gasteiger partial charge in [-0.25, -0.2) is 9.59 Å². The summed E-state index contributed by atoms with van der Waals surface area (Å²) in [6.07, 6.45) is 1.97. The van der Waals surface area contributed by atoms with E-state index in [1.165, 1.54) is 19.1 Å². The Bertz CT molecular complexity index is 1630. The molecule has 2 rings (SSSR count). The van der Waals surface area contributed by atoms with Crippen LogP contribution in [0.25, 0.3) is 0 Å². The Balaban J connectivity index is 2.14. The van der Waals surface area contributed by atoms with Crippen molar-refractivity contribution in [3.63, 3.8) is 0 Å². The highest BCUT2D eigenvalue weighted by molar-refractivity contribution is 5.94. The lowest BCUT2D eigenvalue weighted by atomic mass is 9.89. The van der Waals surface area contributed by atoms with Crippen molar-refractivity contribution in [2.24, 2.45) is 35.1 Å². The van der Waals surface area contributed by atoms with Gasteiger partial charge in [0.1, 0.15) is 25.0 Å². The molecule has 1 saturated heterocycles. The van der Waals surface area contributed by atoms with Crippen LogP contribution in [-0.4, -0.2) is 141 Å². The summed E-state index contributed by atoms with van der Waals surface area (Å²) in [5.74, 6) is -2.63. The largest absolute Gasteiger partial charge is 0.445 e. The number of carbonyl (C=O) groups excluding carboxylic acids is 7. The van der Waals surface area contributed by atoms with E-state index in [9.17, 15) is 33.6 Å². The summed E-state index contributed by atoms with van der Waals surface area (Å²) in [6, 6.07) is 2.46. The Morgan fingerprint density at radius 1 is 0.935 bits per heavy atom. The molecule has 0 spiro atoms. The third-order valence-electron chi connectivity index (χ3n) is 11.8. The third-order valence-corrected chi connectivity index (χ3v) is 11.8. The second kappa shape index (κ2) is 26.0. The topological polar surface area (TPSA) is 245 Å². The van der Waals surface area contributed by atoms with Gasteiger partial charge in [0, 0.05) is 53.0 Å². The van der Waals surface area contributed by atoms with Gasteiger partial charge < -0.3 is 56.2 Å². The number of hydrogen-bond acceptors (Lipinski definition) is 11. The van der Waals surface area contributed by atoms with E-state index in [1.807, 2.05) is 27.7 Å². The van der Waals surface area contributed by atoms with E-state index in [0.717, 1.165) is 12.7 Å². The Hall–Kier alpha value is -4.81. The van der Waals surface area contributed by atoms with Crippen molar-refractivity contribution in [3.8, 4) is 0 Å². The van der Waals surface area contributed by atoms with Gasteiger partial charge >= 0.3 is 12.1 Å². The van der Waals surface area contributed by atoms with Gasteiger partial charge in [-0.3, -0.25) is 24.1 Å². The van der Waals surface area contributed by atoms with Gasteiger partial charge in [-0.15, -0.1) is 0 Å².